The summed E-state index contributed by atoms with van der Waals surface area (Å²) in [5, 5.41) is 3.17. The Morgan fingerprint density at radius 2 is 1.73 bits per heavy atom. The molecule has 26 heavy (non-hydrogen) atoms. The summed E-state index contributed by atoms with van der Waals surface area (Å²) in [6, 6.07) is 12.4. The maximum Gasteiger partial charge on any atom is 0.310 e. The molecular weight excluding hydrogens is 377 g/mol. The topological polar surface area (TPSA) is 64.6 Å². The first-order chi connectivity index (χ1) is 12.4. The van der Waals surface area contributed by atoms with E-state index in [0.29, 0.717) is 15.8 Å². The SMILES string of the molecule is Cc1ccccc1OCCC(=O)O[C@H](C)C(=O)Nc1c(Cl)cccc1Cl. The number of amides is 1. The lowest BCUT2D eigenvalue weighted by Gasteiger charge is -2.15. The molecule has 0 radical (unpaired) electrons. The number of carbonyl (C=O) groups excluding carboxylic acids is 2. The number of rotatable bonds is 7. The van der Waals surface area contributed by atoms with Crippen molar-refractivity contribution >= 4 is 40.8 Å². The third kappa shape index (κ3) is 5.64. The van der Waals surface area contributed by atoms with Crippen LogP contribution < -0.4 is 10.1 Å². The summed E-state index contributed by atoms with van der Waals surface area (Å²) in [5.74, 6) is -0.348. The van der Waals surface area contributed by atoms with Gasteiger partial charge in [-0.15, -0.1) is 0 Å². The Morgan fingerprint density at radius 1 is 1.08 bits per heavy atom. The van der Waals surface area contributed by atoms with Crippen LogP contribution in [0.25, 0.3) is 0 Å². The van der Waals surface area contributed by atoms with E-state index in [0.717, 1.165) is 5.56 Å². The number of para-hydroxylation sites is 2. The second-order valence-corrected chi connectivity index (χ2v) is 6.40. The van der Waals surface area contributed by atoms with Gasteiger partial charge in [-0.25, -0.2) is 0 Å². The van der Waals surface area contributed by atoms with Gasteiger partial charge in [0, 0.05) is 0 Å². The number of anilines is 1. The zero-order valence-corrected chi connectivity index (χ0v) is 15.9. The highest BCUT2D eigenvalue weighted by Gasteiger charge is 2.20. The van der Waals surface area contributed by atoms with E-state index in [-0.39, 0.29) is 18.7 Å². The van der Waals surface area contributed by atoms with Crippen LogP contribution in [-0.2, 0) is 14.3 Å². The van der Waals surface area contributed by atoms with Crippen molar-refractivity contribution in [2.75, 3.05) is 11.9 Å². The minimum absolute atomic E-state index is 0.0266. The van der Waals surface area contributed by atoms with E-state index >= 15 is 0 Å². The lowest BCUT2D eigenvalue weighted by Crippen LogP contribution is -2.30. The average Bonchev–Trinajstić information content (AvgIpc) is 2.59. The second kappa shape index (κ2) is 9.46. The van der Waals surface area contributed by atoms with Crippen molar-refractivity contribution in [3.8, 4) is 5.75 Å². The molecule has 0 aliphatic rings. The molecule has 0 unspecified atom stereocenters. The fourth-order valence-corrected chi connectivity index (χ4v) is 2.61. The molecule has 0 aromatic heterocycles. The first kappa shape index (κ1) is 20.1. The number of hydrogen-bond acceptors (Lipinski definition) is 4. The number of benzene rings is 2. The van der Waals surface area contributed by atoms with Crippen molar-refractivity contribution in [1.82, 2.24) is 0 Å². The summed E-state index contributed by atoms with van der Waals surface area (Å²) in [6.45, 7) is 3.55. The molecule has 1 N–H and O–H groups in total. The Bertz CT molecular complexity index is 775. The van der Waals surface area contributed by atoms with Crippen LogP contribution in [0.3, 0.4) is 0 Å². The van der Waals surface area contributed by atoms with Crippen LogP contribution in [0.4, 0.5) is 5.69 Å². The minimum atomic E-state index is -0.992. The first-order valence-electron chi connectivity index (χ1n) is 8.01. The summed E-state index contributed by atoms with van der Waals surface area (Å²) in [7, 11) is 0. The summed E-state index contributed by atoms with van der Waals surface area (Å²) in [5.41, 5.74) is 1.26. The molecule has 1 amide bonds. The molecule has 0 saturated heterocycles. The van der Waals surface area contributed by atoms with Crippen molar-refractivity contribution in [2.24, 2.45) is 0 Å². The zero-order chi connectivity index (χ0) is 19.1. The summed E-state index contributed by atoms with van der Waals surface area (Å²) < 4.78 is 10.7. The molecule has 5 nitrogen and oxygen atoms in total. The molecule has 1 atom stereocenters. The number of halogens is 2. The van der Waals surface area contributed by atoms with Crippen molar-refractivity contribution in [1.29, 1.82) is 0 Å². The summed E-state index contributed by atoms with van der Waals surface area (Å²) in [6.07, 6.45) is -0.966. The van der Waals surface area contributed by atoms with Crippen molar-refractivity contribution in [3.63, 3.8) is 0 Å². The Morgan fingerprint density at radius 3 is 2.38 bits per heavy atom. The van der Waals surface area contributed by atoms with Crippen LogP contribution >= 0.6 is 23.2 Å². The molecule has 2 rings (SSSR count). The van der Waals surface area contributed by atoms with E-state index in [9.17, 15) is 9.59 Å². The number of esters is 1. The molecule has 7 heteroatoms. The third-order valence-corrected chi connectivity index (χ3v) is 4.18. The van der Waals surface area contributed by atoms with Gasteiger partial charge in [0.15, 0.2) is 6.10 Å². The Labute approximate surface area is 162 Å². The van der Waals surface area contributed by atoms with Crippen LogP contribution in [-0.4, -0.2) is 24.6 Å². The van der Waals surface area contributed by atoms with Gasteiger partial charge in [-0.05, 0) is 37.6 Å². The zero-order valence-electron chi connectivity index (χ0n) is 14.4. The van der Waals surface area contributed by atoms with Crippen LogP contribution in [0.15, 0.2) is 42.5 Å². The Hall–Kier alpha value is -2.24. The third-order valence-electron chi connectivity index (χ3n) is 3.55. The van der Waals surface area contributed by atoms with E-state index in [1.807, 2.05) is 31.2 Å². The maximum absolute atomic E-state index is 12.2. The molecule has 0 aliphatic carbocycles. The van der Waals surface area contributed by atoms with E-state index in [1.165, 1.54) is 6.92 Å². The van der Waals surface area contributed by atoms with Crippen molar-refractivity contribution in [2.45, 2.75) is 26.4 Å². The second-order valence-electron chi connectivity index (χ2n) is 5.58. The maximum atomic E-state index is 12.2. The fourth-order valence-electron chi connectivity index (χ4n) is 2.11. The van der Waals surface area contributed by atoms with E-state index < -0.39 is 18.0 Å². The largest absolute Gasteiger partial charge is 0.493 e. The van der Waals surface area contributed by atoms with Gasteiger partial charge in [0.05, 0.1) is 28.8 Å². The van der Waals surface area contributed by atoms with Crippen LogP contribution in [0.5, 0.6) is 5.75 Å². The van der Waals surface area contributed by atoms with Crippen LogP contribution in [0.2, 0.25) is 10.0 Å². The molecule has 0 heterocycles. The Balaban J connectivity index is 1.81. The molecule has 2 aromatic rings. The van der Waals surface area contributed by atoms with Gasteiger partial charge in [0.2, 0.25) is 0 Å². The lowest BCUT2D eigenvalue weighted by atomic mass is 10.2. The van der Waals surface area contributed by atoms with Gasteiger partial charge in [0.25, 0.3) is 5.91 Å². The molecule has 0 spiro atoms. The molecule has 0 saturated carbocycles. The predicted molar refractivity (Wildman–Crippen MR) is 102 cm³/mol. The van der Waals surface area contributed by atoms with E-state index in [2.05, 4.69) is 5.32 Å². The average molecular weight is 396 g/mol. The number of hydrogen-bond donors (Lipinski definition) is 1. The number of ether oxygens (including phenoxy) is 2. The first-order valence-corrected chi connectivity index (χ1v) is 8.77. The molecule has 0 bridgehead atoms. The molecule has 0 fully saturated rings. The number of aryl methyl sites for hydroxylation is 1. The highest BCUT2D eigenvalue weighted by atomic mass is 35.5. The van der Waals surface area contributed by atoms with Gasteiger partial charge in [-0.2, -0.15) is 0 Å². The standard InChI is InChI=1S/C19H19Cl2NO4/c1-12-6-3-4-9-16(12)25-11-10-17(23)26-13(2)19(24)22-18-14(20)7-5-8-15(18)21/h3-9,13H,10-11H2,1-2H3,(H,22,24)/t13-/m1/s1. The van der Waals surface area contributed by atoms with Gasteiger partial charge in [-0.1, -0.05) is 47.5 Å². The van der Waals surface area contributed by atoms with E-state index in [1.54, 1.807) is 18.2 Å². The fraction of sp³-hybridized carbons (Fsp3) is 0.263. The summed E-state index contributed by atoms with van der Waals surface area (Å²) >= 11 is 12.0. The predicted octanol–water partition coefficient (Wildman–Crippen LogP) is 4.64. The summed E-state index contributed by atoms with van der Waals surface area (Å²) in [4.78, 5) is 24.0. The highest BCUT2D eigenvalue weighted by Crippen LogP contribution is 2.29. The van der Waals surface area contributed by atoms with Crippen molar-refractivity contribution in [3.05, 3.63) is 58.1 Å². The minimum Gasteiger partial charge on any atom is -0.493 e. The van der Waals surface area contributed by atoms with Gasteiger partial charge in [-0.3, -0.25) is 9.59 Å². The van der Waals surface area contributed by atoms with Crippen LogP contribution in [0.1, 0.15) is 18.9 Å². The Kier molecular flexibility index (Phi) is 7.30. The number of nitrogens with one attached hydrogen (secondary N) is 1. The highest BCUT2D eigenvalue weighted by molar-refractivity contribution is 6.39. The van der Waals surface area contributed by atoms with Crippen LogP contribution in [0, 0.1) is 6.92 Å². The molecule has 2 aromatic carbocycles. The quantitative estimate of drug-likeness (QED) is 0.693. The monoisotopic (exact) mass is 395 g/mol. The normalized spacial score (nSPS) is 11.5. The number of carbonyl (C=O) groups is 2. The molecular formula is C19H19Cl2NO4. The van der Waals surface area contributed by atoms with Gasteiger partial charge in [0.1, 0.15) is 5.75 Å². The van der Waals surface area contributed by atoms with Crippen molar-refractivity contribution < 1.29 is 19.1 Å². The van der Waals surface area contributed by atoms with E-state index in [4.69, 9.17) is 32.7 Å². The van der Waals surface area contributed by atoms with Gasteiger partial charge < -0.3 is 14.8 Å². The van der Waals surface area contributed by atoms with Gasteiger partial charge >= 0.3 is 5.97 Å². The molecule has 0 aliphatic heterocycles. The molecule has 138 valence electrons. The smallest absolute Gasteiger partial charge is 0.310 e. The lowest BCUT2D eigenvalue weighted by molar-refractivity contribution is -0.153.